The van der Waals surface area contributed by atoms with Crippen molar-refractivity contribution in [1.29, 1.82) is 10.7 Å². The molecular formula is C22H22ClN3O4. The maximum atomic E-state index is 13.0. The fourth-order valence-corrected chi connectivity index (χ4v) is 3.64. The number of nitrogens with zero attached hydrogens (tertiary/aromatic N) is 2. The van der Waals surface area contributed by atoms with Crippen LogP contribution in [0.2, 0.25) is 5.15 Å². The topological polar surface area (TPSA) is 105 Å². The summed E-state index contributed by atoms with van der Waals surface area (Å²) in [6.07, 6.45) is 0. The number of hydrogen-bond donors (Lipinski definition) is 1. The van der Waals surface area contributed by atoms with Crippen molar-refractivity contribution >= 4 is 34.4 Å². The average molecular weight is 428 g/mol. The number of hydrogen-bond acceptors (Lipinski definition) is 7. The first-order valence-electron chi connectivity index (χ1n) is 9.30. The normalized spacial score (nSPS) is 19.3. The Morgan fingerprint density at radius 1 is 1.33 bits per heavy atom. The van der Waals surface area contributed by atoms with Crippen LogP contribution in [0.15, 0.2) is 35.6 Å². The highest BCUT2D eigenvalue weighted by atomic mass is 35.5. The SMILES string of the molecule is COc1ccc2cc(C3C(C(=O)OC(C)(C)C)=C(C)OC(=N)C3C#N)c(Cl)nc2c1. The molecule has 1 N–H and O–H groups in total. The van der Waals surface area contributed by atoms with Crippen LogP contribution in [0.25, 0.3) is 10.9 Å². The molecular weight excluding hydrogens is 406 g/mol. The lowest BCUT2D eigenvalue weighted by Gasteiger charge is -2.32. The number of carbonyl (C=O) groups excluding carboxylic acids is 1. The summed E-state index contributed by atoms with van der Waals surface area (Å²) in [6, 6.07) is 9.18. The standard InChI is InChI=1S/C22H22ClN3O4/c1-11-17(21(27)30-22(2,3)4)18(15(10-24)20(25)29-11)14-8-12-6-7-13(28-5)9-16(12)26-19(14)23/h6-9,15,18,25H,1-5H3. The summed E-state index contributed by atoms with van der Waals surface area (Å²) in [6.45, 7) is 6.82. The second-order valence-electron chi connectivity index (χ2n) is 7.95. The molecule has 3 rings (SSSR count). The van der Waals surface area contributed by atoms with Gasteiger partial charge in [0.25, 0.3) is 0 Å². The molecule has 7 nitrogen and oxygen atoms in total. The summed E-state index contributed by atoms with van der Waals surface area (Å²) in [5.74, 6) is -1.94. The molecule has 0 saturated heterocycles. The van der Waals surface area contributed by atoms with Crippen molar-refractivity contribution in [2.45, 2.75) is 39.2 Å². The highest BCUT2D eigenvalue weighted by Crippen LogP contribution is 2.43. The molecule has 1 aliphatic rings. The Bertz CT molecular complexity index is 1110. The summed E-state index contributed by atoms with van der Waals surface area (Å²) < 4.78 is 16.2. The van der Waals surface area contributed by atoms with Gasteiger partial charge in [0.1, 0.15) is 28.2 Å². The van der Waals surface area contributed by atoms with Gasteiger partial charge in [-0.1, -0.05) is 11.6 Å². The minimum absolute atomic E-state index is 0.129. The molecule has 30 heavy (non-hydrogen) atoms. The number of allylic oxidation sites excluding steroid dienone is 1. The van der Waals surface area contributed by atoms with Gasteiger partial charge in [0.2, 0.25) is 5.90 Å². The van der Waals surface area contributed by atoms with Gasteiger partial charge in [-0.3, -0.25) is 5.41 Å². The van der Waals surface area contributed by atoms with Gasteiger partial charge in [-0.25, -0.2) is 9.78 Å². The van der Waals surface area contributed by atoms with Gasteiger partial charge in [0, 0.05) is 17.4 Å². The third-order valence-corrected chi connectivity index (χ3v) is 4.97. The maximum Gasteiger partial charge on any atom is 0.338 e. The Balaban J connectivity index is 2.21. The number of benzene rings is 1. The minimum atomic E-state index is -1.05. The van der Waals surface area contributed by atoms with Crippen molar-refractivity contribution in [1.82, 2.24) is 4.98 Å². The molecule has 2 heterocycles. The Morgan fingerprint density at radius 2 is 2.03 bits per heavy atom. The quantitative estimate of drug-likeness (QED) is 0.560. The number of esters is 1. The maximum absolute atomic E-state index is 13.0. The zero-order chi connectivity index (χ0) is 22.2. The van der Waals surface area contributed by atoms with Crippen molar-refractivity contribution in [3.05, 3.63) is 46.3 Å². The van der Waals surface area contributed by atoms with E-state index < -0.39 is 23.4 Å². The Kier molecular flexibility index (Phi) is 5.73. The zero-order valence-electron chi connectivity index (χ0n) is 17.4. The van der Waals surface area contributed by atoms with E-state index >= 15 is 0 Å². The molecule has 2 aromatic rings. The molecule has 0 aliphatic carbocycles. The van der Waals surface area contributed by atoms with Crippen molar-refractivity contribution in [3.63, 3.8) is 0 Å². The molecule has 8 heteroatoms. The number of nitrogens with one attached hydrogen (secondary N) is 1. The Labute approximate surface area is 179 Å². The molecule has 156 valence electrons. The van der Waals surface area contributed by atoms with E-state index in [0.29, 0.717) is 16.8 Å². The molecule has 0 spiro atoms. The molecule has 1 aliphatic heterocycles. The van der Waals surface area contributed by atoms with Crippen LogP contribution in [-0.4, -0.2) is 29.6 Å². The molecule has 0 fully saturated rings. The Hall–Kier alpha value is -3.11. The predicted molar refractivity (Wildman–Crippen MR) is 113 cm³/mol. The number of methoxy groups -OCH3 is 1. The molecule has 0 radical (unpaired) electrons. The van der Waals surface area contributed by atoms with Crippen LogP contribution in [0.3, 0.4) is 0 Å². The van der Waals surface area contributed by atoms with Gasteiger partial charge in [-0.05, 0) is 51.5 Å². The van der Waals surface area contributed by atoms with Crippen LogP contribution in [0.4, 0.5) is 0 Å². The van der Waals surface area contributed by atoms with Gasteiger partial charge in [-0.2, -0.15) is 5.26 Å². The third kappa shape index (κ3) is 4.10. The molecule has 0 saturated carbocycles. The molecule has 0 amide bonds. The van der Waals surface area contributed by atoms with Gasteiger partial charge < -0.3 is 14.2 Å². The van der Waals surface area contributed by atoms with E-state index in [-0.39, 0.29) is 22.4 Å². The number of nitriles is 1. The smallest absolute Gasteiger partial charge is 0.338 e. The van der Waals surface area contributed by atoms with Crippen LogP contribution in [0.5, 0.6) is 5.75 Å². The van der Waals surface area contributed by atoms with E-state index in [2.05, 4.69) is 11.1 Å². The average Bonchev–Trinajstić information content (AvgIpc) is 2.64. The van der Waals surface area contributed by atoms with Gasteiger partial charge in [0.05, 0.1) is 24.3 Å². The summed E-state index contributed by atoms with van der Waals surface area (Å²) in [7, 11) is 1.56. The minimum Gasteiger partial charge on any atom is -0.497 e. The summed E-state index contributed by atoms with van der Waals surface area (Å²) in [4.78, 5) is 17.5. The van der Waals surface area contributed by atoms with Crippen molar-refractivity contribution < 1.29 is 19.0 Å². The lowest BCUT2D eigenvalue weighted by atomic mass is 9.79. The van der Waals surface area contributed by atoms with E-state index in [9.17, 15) is 10.1 Å². The number of pyridine rings is 1. The van der Waals surface area contributed by atoms with Gasteiger partial charge >= 0.3 is 5.97 Å². The number of fused-ring (bicyclic) bond motifs is 1. The summed E-state index contributed by atoms with van der Waals surface area (Å²) >= 11 is 6.51. The van der Waals surface area contributed by atoms with Crippen LogP contribution < -0.4 is 4.74 Å². The summed E-state index contributed by atoms with van der Waals surface area (Å²) in [5, 5.41) is 18.8. The van der Waals surface area contributed by atoms with Gasteiger partial charge in [-0.15, -0.1) is 0 Å². The number of carbonyl (C=O) groups is 1. The van der Waals surface area contributed by atoms with Gasteiger partial charge in [0.15, 0.2) is 0 Å². The highest BCUT2D eigenvalue weighted by Gasteiger charge is 2.43. The van der Waals surface area contributed by atoms with E-state index in [0.717, 1.165) is 5.39 Å². The molecule has 2 atom stereocenters. The largest absolute Gasteiger partial charge is 0.497 e. The van der Waals surface area contributed by atoms with Crippen molar-refractivity contribution in [2.75, 3.05) is 7.11 Å². The van der Waals surface area contributed by atoms with Crippen molar-refractivity contribution in [2.24, 2.45) is 5.92 Å². The molecule has 1 aromatic carbocycles. The number of halogens is 1. The lowest BCUT2D eigenvalue weighted by Crippen LogP contribution is -2.35. The summed E-state index contributed by atoms with van der Waals surface area (Å²) in [5.41, 5.74) is 0.473. The fourth-order valence-electron chi connectivity index (χ4n) is 3.38. The number of aromatic nitrogens is 1. The third-order valence-electron chi connectivity index (χ3n) is 4.67. The first-order chi connectivity index (χ1) is 14.1. The van der Waals surface area contributed by atoms with Crippen LogP contribution in [0.1, 0.15) is 39.2 Å². The first kappa shape index (κ1) is 21.6. The first-order valence-corrected chi connectivity index (χ1v) is 9.67. The molecule has 2 unspecified atom stereocenters. The molecule has 1 aromatic heterocycles. The predicted octanol–water partition coefficient (Wildman–Crippen LogP) is 4.74. The van der Waals surface area contributed by atoms with E-state index in [1.165, 1.54) is 0 Å². The number of ether oxygens (including phenoxy) is 3. The second kappa shape index (κ2) is 7.96. The fraction of sp³-hybridized carbons (Fsp3) is 0.364. The van der Waals surface area contributed by atoms with Crippen LogP contribution in [-0.2, 0) is 14.3 Å². The van der Waals surface area contributed by atoms with E-state index in [1.54, 1.807) is 53.0 Å². The van der Waals surface area contributed by atoms with E-state index in [4.69, 9.17) is 31.2 Å². The zero-order valence-corrected chi connectivity index (χ0v) is 18.1. The Morgan fingerprint density at radius 3 is 2.63 bits per heavy atom. The highest BCUT2D eigenvalue weighted by molar-refractivity contribution is 6.30. The molecule has 0 bridgehead atoms. The van der Waals surface area contributed by atoms with E-state index in [1.807, 2.05) is 6.07 Å². The van der Waals surface area contributed by atoms with Crippen LogP contribution in [0, 0.1) is 22.7 Å². The lowest BCUT2D eigenvalue weighted by molar-refractivity contribution is -0.150. The second-order valence-corrected chi connectivity index (χ2v) is 8.31. The van der Waals surface area contributed by atoms with Crippen molar-refractivity contribution in [3.8, 4) is 11.8 Å². The number of rotatable bonds is 3. The monoisotopic (exact) mass is 427 g/mol. The van der Waals surface area contributed by atoms with Crippen LogP contribution >= 0.6 is 11.6 Å².